The van der Waals surface area contributed by atoms with E-state index in [-0.39, 0.29) is 0 Å². The minimum absolute atomic E-state index is 0.495. The van der Waals surface area contributed by atoms with Gasteiger partial charge < -0.3 is 0 Å². The highest BCUT2D eigenvalue weighted by Gasteiger charge is 2.28. The van der Waals surface area contributed by atoms with Gasteiger partial charge in [0.25, 0.3) is 0 Å². The molecule has 9 heavy (non-hydrogen) atoms. The van der Waals surface area contributed by atoms with Crippen molar-refractivity contribution in [1.29, 1.82) is 0 Å². The van der Waals surface area contributed by atoms with Gasteiger partial charge in [-0.25, -0.2) is 0 Å². The number of hydrogen-bond donors (Lipinski definition) is 0. The third-order valence-corrected chi connectivity index (χ3v) is 1.10. The van der Waals surface area contributed by atoms with Gasteiger partial charge in [0.05, 0.1) is 5.75 Å². The number of carbonyl (C=O) groups is 1. The number of amides is 1. The predicted octanol–water partition coefficient (Wildman–Crippen LogP) is 1.05. The minimum Gasteiger partial charge on any atom is -0.272 e. The quantitative estimate of drug-likeness (QED) is 0.602. The van der Waals surface area contributed by atoms with E-state index in [9.17, 15) is 18.0 Å². The zero-order chi connectivity index (χ0) is 7.49. The van der Waals surface area contributed by atoms with Gasteiger partial charge in [-0.3, -0.25) is 10.5 Å². The van der Waals surface area contributed by atoms with Crippen LogP contribution in [0.1, 0.15) is 0 Å². The van der Waals surface area contributed by atoms with Gasteiger partial charge in [-0.05, 0) is 11.8 Å². The SMILES string of the molecule is [NH]C(=O)CSC(F)(F)F. The summed E-state index contributed by atoms with van der Waals surface area (Å²) in [5.74, 6) is -2.03. The first-order chi connectivity index (χ1) is 3.92. The lowest BCUT2D eigenvalue weighted by molar-refractivity contribution is -0.116. The van der Waals surface area contributed by atoms with Crippen molar-refractivity contribution in [3.63, 3.8) is 0 Å². The van der Waals surface area contributed by atoms with Crippen molar-refractivity contribution >= 4 is 17.7 Å². The Morgan fingerprint density at radius 2 is 2.00 bits per heavy atom. The van der Waals surface area contributed by atoms with Gasteiger partial charge in [0.2, 0.25) is 5.91 Å². The topological polar surface area (TPSA) is 40.9 Å². The third-order valence-electron chi connectivity index (χ3n) is 0.367. The van der Waals surface area contributed by atoms with E-state index in [1.807, 2.05) is 0 Å². The molecular weight excluding hydrogens is 155 g/mol. The van der Waals surface area contributed by atoms with Gasteiger partial charge in [-0.1, -0.05) is 0 Å². The minimum atomic E-state index is -4.39. The molecule has 0 aliphatic heterocycles. The summed E-state index contributed by atoms with van der Waals surface area (Å²) in [6.45, 7) is 0. The molecule has 0 unspecified atom stereocenters. The van der Waals surface area contributed by atoms with Crippen LogP contribution in [0.25, 0.3) is 0 Å². The van der Waals surface area contributed by atoms with Crippen LogP contribution >= 0.6 is 11.8 Å². The Labute approximate surface area is 53.6 Å². The van der Waals surface area contributed by atoms with Gasteiger partial charge in [-0.15, -0.1) is 0 Å². The van der Waals surface area contributed by atoms with Gasteiger partial charge in [0.1, 0.15) is 0 Å². The van der Waals surface area contributed by atoms with Crippen LogP contribution in [0.15, 0.2) is 0 Å². The average Bonchev–Trinajstić information content (AvgIpc) is 1.59. The molecule has 0 aliphatic rings. The molecule has 0 aliphatic carbocycles. The van der Waals surface area contributed by atoms with Crippen LogP contribution < -0.4 is 5.73 Å². The fourth-order valence-corrected chi connectivity index (χ4v) is 0.442. The van der Waals surface area contributed by atoms with Crippen LogP contribution in [0.5, 0.6) is 0 Å². The van der Waals surface area contributed by atoms with Gasteiger partial charge >= 0.3 is 5.51 Å². The van der Waals surface area contributed by atoms with Crippen LogP contribution in [0.4, 0.5) is 13.2 Å². The lowest BCUT2D eigenvalue weighted by Crippen LogP contribution is -2.08. The van der Waals surface area contributed by atoms with E-state index >= 15 is 0 Å². The molecule has 0 aromatic rings. The van der Waals surface area contributed by atoms with Crippen molar-refractivity contribution in [2.45, 2.75) is 5.51 Å². The van der Waals surface area contributed by atoms with E-state index in [1.165, 1.54) is 0 Å². The summed E-state index contributed by atoms with van der Waals surface area (Å²) in [6, 6.07) is 0. The second kappa shape index (κ2) is 2.95. The van der Waals surface area contributed by atoms with Crippen molar-refractivity contribution in [1.82, 2.24) is 5.73 Å². The van der Waals surface area contributed by atoms with Crippen molar-refractivity contribution in [2.24, 2.45) is 0 Å². The second-order valence-corrected chi connectivity index (χ2v) is 2.20. The normalized spacial score (nSPS) is 11.4. The summed E-state index contributed by atoms with van der Waals surface area (Å²) in [5.41, 5.74) is 1.71. The first-order valence-electron chi connectivity index (χ1n) is 1.87. The summed E-state index contributed by atoms with van der Waals surface area (Å²) < 4.78 is 33.4. The Balaban J connectivity index is 3.39. The number of halogens is 3. The predicted molar refractivity (Wildman–Crippen MR) is 26.6 cm³/mol. The Morgan fingerprint density at radius 3 is 2.11 bits per heavy atom. The zero-order valence-electron chi connectivity index (χ0n) is 4.16. The van der Waals surface area contributed by atoms with Crippen molar-refractivity contribution < 1.29 is 18.0 Å². The largest absolute Gasteiger partial charge is 0.442 e. The fraction of sp³-hybridized carbons (Fsp3) is 0.667. The molecule has 6 heteroatoms. The standard InChI is InChI=1S/C3H3F3NOS/c4-3(5,6)9-1-2(7)8/h7H,1H2. The highest BCUT2D eigenvalue weighted by molar-refractivity contribution is 8.00. The number of hydrogen-bond acceptors (Lipinski definition) is 2. The first-order valence-corrected chi connectivity index (χ1v) is 2.85. The van der Waals surface area contributed by atoms with Crippen LogP contribution in [0.3, 0.4) is 0 Å². The Bertz CT molecular complexity index is 112. The van der Waals surface area contributed by atoms with E-state index in [0.29, 0.717) is 0 Å². The van der Waals surface area contributed by atoms with Crippen LogP contribution in [0, 0.1) is 0 Å². The molecule has 2 nitrogen and oxygen atoms in total. The fourth-order valence-electron chi connectivity index (χ4n) is 0.147. The number of alkyl halides is 3. The van der Waals surface area contributed by atoms with E-state index < -0.39 is 28.9 Å². The second-order valence-electron chi connectivity index (χ2n) is 1.16. The number of rotatable bonds is 2. The molecule has 1 radical (unpaired) electrons. The van der Waals surface area contributed by atoms with Gasteiger partial charge in [0.15, 0.2) is 0 Å². The molecule has 53 valence electrons. The maximum Gasteiger partial charge on any atom is 0.442 e. The smallest absolute Gasteiger partial charge is 0.272 e. The maximum atomic E-state index is 11.1. The van der Waals surface area contributed by atoms with Crippen molar-refractivity contribution in [2.75, 3.05) is 5.75 Å². The van der Waals surface area contributed by atoms with E-state index in [1.54, 1.807) is 0 Å². The molecule has 0 aromatic carbocycles. The number of thioether (sulfide) groups is 1. The highest BCUT2D eigenvalue weighted by Crippen LogP contribution is 2.29. The van der Waals surface area contributed by atoms with Crippen LogP contribution in [-0.4, -0.2) is 17.2 Å². The van der Waals surface area contributed by atoms with E-state index in [2.05, 4.69) is 0 Å². The summed E-state index contributed by atoms with van der Waals surface area (Å²) >= 11 is -0.495. The molecule has 0 heterocycles. The van der Waals surface area contributed by atoms with Gasteiger partial charge in [-0.2, -0.15) is 13.2 Å². The number of nitrogens with one attached hydrogen (secondary N) is 1. The van der Waals surface area contributed by atoms with E-state index in [0.717, 1.165) is 0 Å². The molecule has 0 fully saturated rings. The Kier molecular flexibility index (Phi) is 2.83. The van der Waals surface area contributed by atoms with Crippen molar-refractivity contribution in [3.05, 3.63) is 0 Å². The summed E-state index contributed by atoms with van der Waals surface area (Å²) in [4.78, 5) is 9.64. The first kappa shape index (κ1) is 8.61. The molecular formula is C3H3F3NOS. The number of carbonyl (C=O) groups excluding carboxylic acids is 1. The lowest BCUT2D eigenvalue weighted by Gasteiger charge is -2.00. The van der Waals surface area contributed by atoms with Crippen LogP contribution in [0.2, 0.25) is 0 Å². The monoisotopic (exact) mass is 158 g/mol. The molecule has 0 bridgehead atoms. The molecule has 1 amide bonds. The molecule has 0 atom stereocenters. The summed E-state index contributed by atoms with van der Waals surface area (Å²) in [6.07, 6.45) is 0. The highest BCUT2D eigenvalue weighted by atomic mass is 32.2. The molecule has 0 aromatic heterocycles. The summed E-state index contributed by atoms with van der Waals surface area (Å²) in [5, 5.41) is 0. The van der Waals surface area contributed by atoms with Crippen molar-refractivity contribution in [3.8, 4) is 0 Å². The maximum absolute atomic E-state index is 11.1. The molecule has 0 saturated heterocycles. The Hall–Kier alpha value is -0.390. The Morgan fingerprint density at radius 1 is 1.56 bits per heavy atom. The average molecular weight is 158 g/mol. The summed E-state index contributed by atoms with van der Waals surface area (Å²) in [7, 11) is 0. The molecule has 0 saturated carbocycles. The lowest BCUT2D eigenvalue weighted by atomic mass is 10.8. The molecule has 0 spiro atoms. The molecule has 1 N–H and O–H groups in total. The van der Waals surface area contributed by atoms with Crippen LogP contribution in [-0.2, 0) is 4.79 Å². The van der Waals surface area contributed by atoms with Gasteiger partial charge in [0, 0.05) is 0 Å². The molecule has 0 rings (SSSR count). The van der Waals surface area contributed by atoms with E-state index in [4.69, 9.17) is 5.73 Å². The third kappa shape index (κ3) is 7.61. The zero-order valence-corrected chi connectivity index (χ0v) is 4.97.